The molecule has 7 heteroatoms. The van der Waals surface area contributed by atoms with Gasteiger partial charge in [0.1, 0.15) is 0 Å². The minimum absolute atomic E-state index is 0.417. The van der Waals surface area contributed by atoms with E-state index in [1.807, 2.05) is 43.7 Å². The van der Waals surface area contributed by atoms with Crippen LogP contribution in [-0.4, -0.2) is 25.2 Å². The van der Waals surface area contributed by atoms with Crippen LogP contribution in [0.5, 0.6) is 0 Å². The second kappa shape index (κ2) is 6.74. The summed E-state index contributed by atoms with van der Waals surface area (Å²) in [6.07, 6.45) is 10.5. The van der Waals surface area contributed by atoms with Crippen LogP contribution >= 0.6 is 11.6 Å². The fraction of sp³-hybridized carbons (Fsp3) is 0.0500. The summed E-state index contributed by atoms with van der Waals surface area (Å²) in [7, 11) is 1.89. The third-order valence-corrected chi connectivity index (χ3v) is 4.62. The lowest BCUT2D eigenvalue weighted by Gasteiger charge is -2.13. The maximum absolute atomic E-state index is 11.4. The molecule has 4 rings (SSSR count). The fourth-order valence-electron chi connectivity index (χ4n) is 3.00. The minimum atomic E-state index is -0.485. The minimum Gasteiger partial charge on any atom is -0.366 e. The molecule has 0 aliphatic carbocycles. The second-order valence-corrected chi connectivity index (χ2v) is 6.58. The first-order valence-corrected chi connectivity index (χ1v) is 8.62. The van der Waals surface area contributed by atoms with Gasteiger partial charge in [0.15, 0.2) is 0 Å². The second-order valence-electron chi connectivity index (χ2n) is 6.17. The molecule has 0 spiro atoms. The van der Waals surface area contributed by atoms with Gasteiger partial charge in [0.05, 0.1) is 22.5 Å². The molecule has 0 saturated heterocycles. The van der Waals surface area contributed by atoms with Crippen LogP contribution in [0.2, 0.25) is 5.02 Å². The van der Waals surface area contributed by atoms with E-state index in [-0.39, 0.29) is 0 Å². The van der Waals surface area contributed by atoms with Crippen LogP contribution in [0.3, 0.4) is 0 Å². The van der Waals surface area contributed by atoms with E-state index in [0.717, 1.165) is 27.9 Å². The summed E-state index contributed by atoms with van der Waals surface area (Å²) in [6.45, 7) is 0. The van der Waals surface area contributed by atoms with Crippen molar-refractivity contribution in [3.63, 3.8) is 0 Å². The third kappa shape index (κ3) is 3.22. The Labute approximate surface area is 160 Å². The van der Waals surface area contributed by atoms with E-state index in [0.29, 0.717) is 10.6 Å². The average molecular weight is 378 g/mol. The van der Waals surface area contributed by atoms with E-state index >= 15 is 0 Å². The molecule has 0 saturated carbocycles. The van der Waals surface area contributed by atoms with Crippen molar-refractivity contribution in [3.8, 4) is 27.9 Å². The number of benzene rings is 1. The molecule has 0 aliphatic rings. The van der Waals surface area contributed by atoms with Gasteiger partial charge < -0.3 is 10.3 Å². The Bertz CT molecular complexity index is 1130. The number of nitrogens with zero attached hydrogens (tertiary/aromatic N) is 4. The van der Waals surface area contributed by atoms with Gasteiger partial charge in [-0.1, -0.05) is 35.9 Å². The van der Waals surface area contributed by atoms with Crippen LogP contribution in [0.25, 0.3) is 27.9 Å². The van der Waals surface area contributed by atoms with Crippen molar-refractivity contribution in [2.45, 2.75) is 0 Å². The standard InChI is InChI=1S/C20H16ClN5O/c1-25-11-16(8-24-25)13-2-4-14(5-3-13)17-9-23-10-18(21)19(17)26-7-6-15(12-26)20(22)27/h2-12H,1H3,(H2,22,27). The zero-order valence-corrected chi connectivity index (χ0v) is 15.3. The number of nitrogens with two attached hydrogens (primary N) is 1. The Kier molecular flexibility index (Phi) is 4.25. The van der Waals surface area contributed by atoms with Crippen molar-refractivity contribution in [3.05, 3.63) is 78.1 Å². The summed E-state index contributed by atoms with van der Waals surface area (Å²) in [5.41, 5.74) is 10.5. The molecule has 134 valence electrons. The van der Waals surface area contributed by atoms with Gasteiger partial charge in [-0.05, 0) is 17.2 Å². The number of primary amides is 1. The normalized spacial score (nSPS) is 10.9. The first-order valence-electron chi connectivity index (χ1n) is 8.24. The maximum Gasteiger partial charge on any atom is 0.250 e. The Morgan fingerprint density at radius 1 is 1.00 bits per heavy atom. The molecule has 3 aromatic heterocycles. The predicted molar refractivity (Wildman–Crippen MR) is 105 cm³/mol. The number of amides is 1. The fourth-order valence-corrected chi connectivity index (χ4v) is 3.25. The Hall–Kier alpha value is -3.38. The van der Waals surface area contributed by atoms with Gasteiger partial charge in [0.25, 0.3) is 0 Å². The van der Waals surface area contributed by atoms with Gasteiger partial charge in [0.2, 0.25) is 5.91 Å². The summed E-state index contributed by atoms with van der Waals surface area (Å²) in [5, 5.41) is 4.69. The van der Waals surface area contributed by atoms with Crippen LogP contribution in [0.15, 0.2) is 67.5 Å². The van der Waals surface area contributed by atoms with E-state index in [1.54, 1.807) is 40.1 Å². The Morgan fingerprint density at radius 3 is 2.37 bits per heavy atom. The van der Waals surface area contributed by atoms with Gasteiger partial charge >= 0.3 is 0 Å². The smallest absolute Gasteiger partial charge is 0.250 e. The molecule has 2 N–H and O–H groups in total. The van der Waals surface area contributed by atoms with E-state index < -0.39 is 5.91 Å². The summed E-state index contributed by atoms with van der Waals surface area (Å²) >= 11 is 6.42. The largest absolute Gasteiger partial charge is 0.366 e. The molecule has 6 nitrogen and oxygen atoms in total. The molecule has 27 heavy (non-hydrogen) atoms. The van der Waals surface area contributed by atoms with Crippen LogP contribution in [0.1, 0.15) is 10.4 Å². The van der Waals surface area contributed by atoms with Crippen LogP contribution in [0.4, 0.5) is 0 Å². The van der Waals surface area contributed by atoms with Crippen LogP contribution in [0, 0.1) is 0 Å². The molecule has 0 bridgehead atoms. The highest BCUT2D eigenvalue weighted by molar-refractivity contribution is 6.32. The zero-order valence-electron chi connectivity index (χ0n) is 14.5. The maximum atomic E-state index is 11.4. The number of aromatic nitrogens is 4. The highest BCUT2D eigenvalue weighted by Crippen LogP contribution is 2.33. The van der Waals surface area contributed by atoms with Gasteiger partial charge in [0, 0.05) is 49.2 Å². The lowest BCUT2D eigenvalue weighted by molar-refractivity contribution is 0.100. The SMILES string of the molecule is Cn1cc(-c2ccc(-c3cncc(Cl)c3-n3ccc(C(N)=O)c3)cc2)cn1. The monoisotopic (exact) mass is 377 g/mol. The molecule has 4 aromatic rings. The topological polar surface area (TPSA) is 78.7 Å². The lowest BCUT2D eigenvalue weighted by atomic mass is 10.0. The van der Waals surface area contributed by atoms with Crippen molar-refractivity contribution < 1.29 is 4.79 Å². The number of hydrogen-bond acceptors (Lipinski definition) is 3. The van der Waals surface area contributed by atoms with Gasteiger partial charge in [-0.2, -0.15) is 5.10 Å². The number of hydrogen-bond donors (Lipinski definition) is 1. The number of pyridine rings is 1. The number of rotatable bonds is 4. The molecule has 0 fully saturated rings. The molecular weight excluding hydrogens is 362 g/mol. The van der Waals surface area contributed by atoms with Crippen molar-refractivity contribution in [1.29, 1.82) is 0 Å². The number of aryl methyl sites for hydroxylation is 1. The molecule has 0 radical (unpaired) electrons. The van der Waals surface area contributed by atoms with Crippen LogP contribution < -0.4 is 5.73 Å². The van der Waals surface area contributed by atoms with Crippen molar-refractivity contribution in [2.24, 2.45) is 12.8 Å². The van der Waals surface area contributed by atoms with E-state index in [9.17, 15) is 4.79 Å². The highest BCUT2D eigenvalue weighted by Gasteiger charge is 2.14. The molecule has 1 aromatic carbocycles. The molecule has 3 heterocycles. The van der Waals surface area contributed by atoms with E-state index in [1.165, 1.54) is 0 Å². The molecule has 0 atom stereocenters. The number of carbonyl (C=O) groups excluding carboxylic acids is 1. The highest BCUT2D eigenvalue weighted by atomic mass is 35.5. The van der Waals surface area contributed by atoms with Gasteiger partial charge in [-0.25, -0.2) is 0 Å². The summed E-state index contributed by atoms with van der Waals surface area (Å²) in [6, 6.07) is 9.74. The van der Waals surface area contributed by atoms with Gasteiger partial charge in [-0.3, -0.25) is 14.5 Å². The quantitative estimate of drug-likeness (QED) is 0.589. The lowest BCUT2D eigenvalue weighted by Crippen LogP contribution is -2.09. The van der Waals surface area contributed by atoms with Crippen molar-refractivity contribution >= 4 is 17.5 Å². The molecule has 0 aliphatic heterocycles. The Morgan fingerprint density at radius 2 is 1.74 bits per heavy atom. The van der Waals surface area contributed by atoms with E-state index in [2.05, 4.69) is 10.1 Å². The van der Waals surface area contributed by atoms with Gasteiger partial charge in [-0.15, -0.1) is 0 Å². The summed E-state index contributed by atoms with van der Waals surface area (Å²) < 4.78 is 3.55. The average Bonchev–Trinajstić information content (AvgIpc) is 3.31. The molecule has 0 unspecified atom stereocenters. The van der Waals surface area contributed by atoms with Crippen LogP contribution in [-0.2, 0) is 7.05 Å². The summed E-state index contributed by atoms with van der Waals surface area (Å²) in [4.78, 5) is 15.6. The van der Waals surface area contributed by atoms with E-state index in [4.69, 9.17) is 17.3 Å². The molecular formula is C20H16ClN5O. The number of halogens is 1. The number of carbonyl (C=O) groups is 1. The third-order valence-electron chi connectivity index (χ3n) is 4.34. The summed E-state index contributed by atoms with van der Waals surface area (Å²) in [5.74, 6) is -0.485. The predicted octanol–water partition coefficient (Wildman–Crippen LogP) is 3.69. The first kappa shape index (κ1) is 17.1. The van der Waals surface area contributed by atoms with Crippen molar-refractivity contribution in [2.75, 3.05) is 0 Å². The zero-order chi connectivity index (χ0) is 19.0. The van der Waals surface area contributed by atoms with Crippen molar-refractivity contribution in [1.82, 2.24) is 19.3 Å². The Balaban J connectivity index is 1.78. The molecule has 1 amide bonds. The first-order chi connectivity index (χ1) is 13.0.